The number of rotatable bonds is 9. The second-order valence-electron chi connectivity index (χ2n) is 8.64. The molecular weight excluding hydrogens is 496 g/mol. The highest BCUT2D eigenvalue weighted by molar-refractivity contribution is 7.81. The molecule has 1 unspecified atom stereocenters. The van der Waals surface area contributed by atoms with E-state index in [1.807, 2.05) is 60.7 Å². The first-order valence-corrected chi connectivity index (χ1v) is 12.5. The van der Waals surface area contributed by atoms with Gasteiger partial charge in [-0.1, -0.05) is 78.9 Å². The molecule has 0 spiro atoms. The van der Waals surface area contributed by atoms with Crippen molar-refractivity contribution in [2.75, 3.05) is 10.6 Å². The van der Waals surface area contributed by atoms with Crippen LogP contribution in [0.2, 0.25) is 0 Å². The number of thiol groups is 1. The summed E-state index contributed by atoms with van der Waals surface area (Å²) in [4.78, 5) is 28.9. The van der Waals surface area contributed by atoms with Crippen molar-refractivity contribution in [2.24, 2.45) is 10.7 Å². The van der Waals surface area contributed by atoms with E-state index in [0.717, 1.165) is 16.7 Å². The van der Waals surface area contributed by atoms with Crippen molar-refractivity contribution in [3.63, 3.8) is 0 Å². The third kappa shape index (κ3) is 7.02. The van der Waals surface area contributed by atoms with Crippen LogP contribution in [0.15, 0.2) is 114 Å². The molecule has 0 saturated heterocycles. The lowest BCUT2D eigenvalue weighted by Crippen LogP contribution is -2.23. The van der Waals surface area contributed by atoms with Crippen molar-refractivity contribution >= 4 is 41.8 Å². The maximum Gasteiger partial charge on any atom is 0.317 e. The molecule has 0 bridgehead atoms. The number of hydrogen-bond acceptors (Lipinski definition) is 4. The minimum absolute atomic E-state index is 0.249. The first kappa shape index (κ1) is 26.5. The van der Waals surface area contributed by atoms with Gasteiger partial charge in [0, 0.05) is 22.9 Å². The predicted molar refractivity (Wildman–Crippen MR) is 155 cm³/mol. The fourth-order valence-electron chi connectivity index (χ4n) is 4.02. The van der Waals surface area contributed by atoms with Crippen molar-refractivity contribution in [3.05, 3.63) is 131 Å². The summed E-state index contributed by atoms with van der Waals surface area (Å²) in [6.45, 7) is 0.446. The molecule has 0 aliphatic carbocycles. The molecule has 4 aromatic rings. The minimum atomic E-state index is -1.00. The number of aliphatic carboxylic acids is 1. The van der Waals surface area contributed by atoms with Crippen LogP contribution >= 0.6 is 12.6 Å². The minimum Gasteiger partial charge on any atom is -0.480 e. The molecule has 1 amide bonds. The lowest BCUT2D eigenvalue weighted by molar-refractivity contribution is -0.136. The average Bonchev–Trinajstić information content (AvgIpc) is 2.94. The summed E-state index contributed by atoms with van der Waals surface area (Å²) in [6.07, 6.45) is 0. The summed E-state index contributed by atoms with van der Waals surface area (Å²) in [5.74, 6) is -1.49. The van der Waals surface area contributed by atoms with Gasteiger partial charge in [-0.15, -0.1) is 0 Å². The Bertz CT molecular complexity index is 1410. The highest BCUT2D eigenvalue weighted by Gasteiger charge is 2.27. The van der Waals surface area contributed by atoms with E-state index in [1.165, 1.54) is 0 Å². The zero-order chi connectivity index (χ0) is 26.9. The summed E-state index contributed by atoms with van der Waals surface area (Å²) in [7, 11) is 0. The standard InChI is InChI=1S/C30H28N4O3S/c31-30(32-19-20-8-3-1-4-9-20)34-25-13-7-12-23(18-25)28(35)33-24-16-14-22(15-17-24)26(27(38)29(36)37)21-10-5-2-6-11-21/h1-18,26-27,38H,19H2,(H,33,35)(H,36,37)(H3,31,32,34)/t26?,27-/m0/s1. The Morgan fingerprint density at radius 1 is 0.789 bits per heavy atom. The summed E-state index contributed by atoms with van der Waals surface area (Å²) < 4.78 is 0. The summed E-state index contributed by atoms with van der Waals surface area (Å²) in [5, 5.41) is 14.6. The molecule has 0 heterocycles. The van der Waals surface area contributed by atoms with E-state index in [0.29, 0.717) is 23.5 Å². The number of carbonyl (C=O) groups excluding carboxylic acids is 1. The topological polar surface area (TPSA) is 117 Å². The van der Waals surface area contributed by atoms with Crippen LogP contribution in [0.5, 0.6) is 0 Å². The number of amides is 1. The SMILES string of the molecule is NC(=NCc1ccccc1)Nc1cccc(C(=O)Nc2ccc(C(c3ccccc3)[C@H](S)C(=O)O)cc2)c1. The zero-order valence-corrected chi connectivity index (χ0v) is 21.4. The van der Waals surface area contributed by atoms with E-state index in [1.54, 1.807) is 48.5 Å². The lowest BCUT2D eigenvalue weighted by atomic mass is 9.88. The van der Waals surface area contributed by atoms with Crippen LogP contribution in [0.4, 0.5) is 11.4 Å². The van der Waals surface area contributed by atoms with Crippen LogP contribution < -0.4 is 16.4 Å². The fourth-order valence-corrected chi connectivity index (χ4v) is 4.37. The molecule has 0 radical (unpaired) electrons. The number of benzene rings is 4. The molecule has 4 rings (SSSR count). The molecule has 0 aliphatic heterocycles. The Labute approximate surface area is 226 Å². The average molecular weight is 525 g/mol. The van der Waals surface area contributed by atoms with Crippen LogP contribution in [0.25, 0.3) is 0 Å². The number of carbonyl (C=O) groups is 2. The third-order valence-electron chi connectivity index (χ3n) is 5.93. The molecule has 7 nitrogen and oxygen atoms in total. The van der Waals surface area contributed by atoms with Crippen molar-refractivity contribution in [1.29, 1.82) is 0 Å². The molecule has 0 aromatic heterocycles. The number of nitrogens with two attached hydrogens (primary N) is 1. The number of anilines is 2. The number of aliphatic imine (C=N–C) groups is 1. The van der Waals surface area contributed by atoms with Gasteiger partial charge in [0.2, 0.25) is 0 Å². The highest BCUT2D eigenvalue weighted by atomic mass is 32.1. The Morgan fingerprint density at radius 2 is 1.42 bits per heavy atom. The molecule has 5 N–H and O–H groups in total. The summed E-state index contributed by atoms with van der Waals surface area (Å²) in [6, 6.07) is 33.2. The van der Waals surface area contributed by atoms with E-state index in [4.69, 9.17) is 5.73 Å². The van der Waals surface area contributed by atoms with E-state index in [-0.39, 0.29) is 11.9 Å². The van der Waals surface area contributed by atoms with Crippen molar-refractivity contribution in [1.82, 2.24) is 0 Å². The summed E-state index contributed by atoms with van der Waals surface area (Å²) in [5.41, 5.74) is 10.4. The van der Waals surface area contributed by atoms with Gasteiger partial charge in [-0.25, -0.2) is 4.99 Å². The van der Waals surface area contributed by atoms with Gasteiger partial charge < -0.3 is 21.5 Å². The second-order valence-corrected chi connectivity index (χ2v) is 9.20. The van der Waals surface area contributed by atoms with Crippen LogP contribution in [0, 0.1) is 0 Å². The Hall–Kier alpha value is -4.56. The number of carboxylic acids is 1. The summed E-state index contributed by atoms with van der Waals surface area (Å²) >= 11 is 4.34. The van der Waals surface area contributed by atoms with E-state index in [2.05, 4.69) is 28.3 Å². The molecule has 0 aliphatic rings. The van der Waals surface area contributed by atoms with Crippen molar-refractivity contribution in [2.45, 2.75) is 17.7 Å². The maximum atomic E-state index is 12.9. The Morgan fingerprint density at radius 3 is 2.08 bits per heavy atom. The monoisotopic (exact) mass is 524 g/mol. The molecule has 0 saturated carbocycles. The van der Waals surface area contributed by atoms with E-state index < -0.39 is 17.1 Å². The Balaban J connectivity index is 1.43. The normalized spacial score (nSPS) is 12.8. The van der Waals surface area contributed by atoms with Gasteiger partial charge in [0.15, 0.2) is 5.96 Å². The van der Waals surface area contributed by atoms with Gasteiger partial charge in [-0.2, -0.15) is 12.6 Å². The van der Waals surface area contributed by atoms with E-state index >= 15 is 0 Å². The zero-order valence-electron chi connectivity index (χ0n) is 20.5. The van der Waals surface area contributed by atoms with Crippen LogP contribution in [-0.4, -0.2) is 28.2 Å². The van der Waals surface area contributed by atoms with Gasteiger partial charge in [0.25, 0.3) is 5.91 Å². The third-order valence-corrected chi connectivity index (χ3v) is 6.45. The van der Waals surface area contributed by atoms with E-state index in [9.17, 15) is 14.7 Å². The van der Waals surface area contributed by atoms with Gasteiger partial charge in [0.1, 0.15) is 5.25 Å². The molecule has 192 valence electrons. The number of guanidine groups is 1. The lowest BCUT2D eigenvalue weighted by Gasteiger charge is -2.21. The van der Waals surface area contributed by atoms with Crippen LogP contribution in [0.1, 0.15) is 33.0 Å². The predicted octanol–water partition coefficient (Wildman–Crippen LogP) is 5.38. The molecular formula is C30H28N4O3S. The van der Waals surface area contributed by atoms with Crippen LogP contribution in [0.3, 0.4) is 0 Å². The van der Waals surface area contributed by atoms with Crippen molar-refractivity contribution in [3.8, 4) is 0 Å². The van der Waals surface area contributed by atoms with Gasteiger partial charge in [-0.3, -0.25) is 9.59 Å². The molecule has 8 heteroatoms. The largest absolute Gasteiger partial charge is 0.480 e. The molecule has 4 aromatic carbocycles. The Kier molecular flexibility index (Phi) is 8.79. The fraction of sp³-hybridized carbons (Fsp3) is 0.100. The number of carboxylic acid groups (broad SMARTS) is 1. The molecule has 38 heavy (non-hydrogen) atoms. The first-order valence-electron chi connectivity index (χ1n) is 12.0. The first-order chi connectivity index (χ1) is 18.4. The second kappa shape index (κ2) is 12.6. The molecule has 0 fully saturated rings. The number of nitrogens with one attached hydrogen (secondary N) is 2. The maximum absolute atomic E-state index is 12.9. The number of hydrogen-bond donors (Lipinski definition) is 5. The van der Waals surface area contributed by atoms with Crippen molar-refractivity contribution < 1.29 is 14.7 Å². The van der Waals surface area contributed by atoms with Gasteiger partial charge in [-0.05, 0) is 47.0 Å². The van der Waals surface area contributed by atoms with Gasteiger partial charge >= 0.3 is 5.97 Å². The smallest absolute Gasteiger partial charge is 0.317 e. The highest BCUT2D eigenvalue weighted by Crippen LogP contribution is 2.32. The van der Waals surface area contributed by atoms with Gasteiger partial charge in [0.05, 0.1) is 6.54 Å². The number of nitrogens with zero attached hydrogens (tertiary/aromatic N) is 1. The quantitative estimate of drug-likeness (QED) is 0.114. The molecule has 2 atom stereocenters. The van der Waals surface area contributed by atoms with Crippen LogP contribution in [-0.2, 0) is 11.3 Å².